The van der Waals surface area contributed by atoms with Gasteiger partial charge in [0.25, 0.3) is 5.56 Å². The Balaban J connectivity index is 1.69. The number of hydrogen-bond donors (Lipinski definition) is 2. The minimum Gasteiger partial charge on any atom is -0.481 e. The van der Waals surface area contributed by atoms with Crippen molar-refractivity contribution in [3.63, 3.8) is 0 Å². The molecule has 0 bridgehead atoms. The van der Waals surface area contributed by atoms with Crippen LogP contribution in [-0.2, 0) is 17.9 Å². The van der Waals surface area contributed by atoms with Crippen LogP contribution >= 0.6 is 11.6 Å². The average Bonchev–Trinajstić information content (AvgIpc) is 2.87. The zero-order chi connectivity index (χ0) is 26.6. The molecule has 0 aliphatic carbocycles. The van der Waals surface area contributed by atoms with E-state index in [-0.39, 0.29) is 18.9 Å². The molecule has 0 radical (unpaired) electrons. The van der Waals surface area contributed by atoms with Crippen LogP contribution in [0.15, 0.2) is 88.6 Å². The minimum absolute atomic E-state index is 0.132. The van der Waals surface area contributed by atoms with E-state index in [9.17, 15) is 19.5 Å². The molecule has 4 rings (SSSR count). The fraction of sp³-hybridized carbons (Fsp3) is 0.185. The summed E-state index contributed by atoms with van der Waals surface area (Å²) in [5.41, 5.74) is -1.17. The van der Waals surface area contributed by atoms with Gasteiger partial charge in [-0.2, -0.15) is 0 Å². The van der Waals surface area contributed by atoms with E-state index in [4.69, 9.17) is 16.3 Å². The lowest BCUT2D eigenvalue weighted by molar-refractivity contribution is -0.147. The molecular formula is C27H25ClN4O5. The molecule has 10 heteroatoms. The second-order valence-electron chi connectivity index (χ2n) is 9.06. The van der Waals surface area contributed by atoms with Gasteiger partial charge in [0.1, 0.15) is 11.6 Å². The Morgan fingerprint density at radius 3 is 2.35 bits per heavy atom. The van der Waals surface area contributed by atoms with E-state index < -0.39 is 22.6 Å². The quantitative estimate of drug-likeness (QED) is 0.327. The van der Waals surface area contributed by atoms with Crippen molar-refractivity contribution >= 4 is 29.1 Å². The van der Waals surface area contributed by atoms with Crippen LogP contribution in [0.4, 0.5) is 11.5 Å². The molecule has 2 N–H and O–H groups in total. The summed E-state index contributed by atoms with van der Waals surface area (Å²) in [5, 5.41) is 13.2. The van der Waals surface area contributed by atoms with Crippen molar-refractivity contribution in [1.29, 1.82) is 0 Å². The zero-order valence-corrected chi connectivity index (χ0v) is 21.0. The van der Waals surface area contributed by atoms with Crippen LogP contribution in [0.1, 0.15) is 19.4 Å². The van der Waals surface area contributed by atoms with Gasteiger partial charge in [-0.15, -0.1) is 0 Å². The summed E-state index contributed by atoms with van der Waals surface area (Å²) in [6, 6.07) is 20.6. The smallest absolute Gasteiger partial charge is 0.332 e. The highest BCUT2D eigenvalue weighted by atomic mass is 35.5. The van der Waals surface area contributed by atoms with Crippen molar-refractivity contribution in [2.75, 3.05) is 5.32 Å². The highest BCUT2D eigenvalue weighted by Crippen LogP contribution is 2.23. The van der Waals surface area contributed by atoms with Gasteiger partial charge in [-0.3, -0.25) is 18.7 Å². The molecule has 0 spiro atoms. The Hall–Kier alpha value is -4.37. The summed E-state index contributed by atoms with van der Waals surface area (Å²) in [5.74, 6) is 0.160. The molecule has 0 aliphatic heterocycles. The van der Waals surface area contributed by atoms with Crippen molar-refractivity contribution in [3.8, 4) is 11.6 Å². The number of pyridine rings is 1. The molecule has 2 aromatic carbocycles. The van der Waals surface area contributed by atoms with Crippen molar-refractivity contribution in [1.82, 2.24) is 14.1 Å². The number of halogens is 1. The van der Waals surface area contributed by atoms with Gasteiger partial charge in [0.15, 0.2) is 0 Å². The van der Waals surface area contributed by atoms with Gasteiger partial charge < -0.3 is 15.2 Å². The fourth-order valence-corrected chi connectivity index (χ4v) is 3.66. The first-order valence-electron chi connectivity index (χ1n) is 11.4. The van der Waals surface area contributed by atoms with Gasteiger partial charge in [-0.05, 0) is 61.9 Å². The number of benzene rings is 2. The molecule has 2 heterocycles. The molecule has 37 heavy (non-hydrogen) atoms. The highest BCUT2D eigenvalue weighted by Gasteiger charge is 2.29. The average molecular weight is 521 g/mol. The molecular weight excluding hydrogens is 496 g/mol. The number of carboxylic acid groups (broad SMARTS) is 1. The molecule has 2 aromatic heterocycles. The summed E-state index contributed by atoms with van der Waals surface area (Å²) in [4.78, 5) is 42.2. The number of aromatic nitrogens is 3. The van der Waals surface area contributed by atoms with E-state index in [1.54, 1.807) is 66.9 Å². The third kappa shape index (κ3) is 6.25. The number of ether oxygens (including phenoxy) is 1. The van der Waals surface area contributed by atoms with Crippen LogP contribution in [0.3, 0.4) is 0 Å². The number of anilines is 2. The van der Waals surface area contributed by atoms with Gasteiger partial charge in [0.05, 0.1) is 12.0 Å². The Morgan fingerprint density at radius 2 is 1.73 bits per heavy atom. The lowest BCUT2D eigenvalue weighted by Crippen LogP contribution is -2.45. The Bertz CT molecular complexity index is 1510. The first-order valence-corrected chi connectivity index (χ1v) is 11.8. The summed E-state index contributed by atoms with van der Waals surface area (Å²) in [6.07, 6.45) is 1.63. The monoisotopic (exact) mass is 520 g/mol. The van der Waals surface area contributed by atoms with Crippen LogP contribution in [-0.4, -0.2) is 25.2 Å². The maximum Gasteiger partial charge on any atom is 0.332 e. The van der Waals surface area contributed by atoms with Crippen LogP contribution in [0.25, 0.3) is 0 Å². The van der Waals surface area contributed by atoms with Crippen LogP contribution in [0.2, 0.25) is 5.02 Å². The van der Waals surface area contributed by atoms with Crippen molar-refractivity contribution in [3.05, 3.63) is 110 Å². The van der Waals surface area contributed by atoms with Crippen molar-refractivity contribution in [2.24, 2.45) is 5.41 Å². The number of aliphatic carboxylic acids is 1. The molecule has 190 valence electrons. The molecule has 9 nitrogen and oxygen atoms in total. The Labute approximate surface area is 217 Å². The summed E-state index contributed by atoms with van der Waals surface area (Å²) >= 11 is 6.00. The third-order valence-corrected chi connectivity index (χ3v) is 5.90. The standard InChI is InChI=1S/C27H25ClN4O5/c1-27(2,25(34)35)17-32-24(33)15-22(31(26(32)36)16-18-6-8-19(28)9-7-18)30-20-10-12-21(13-11-20)37-23-5-3-4-14-29-23/h3-15,30H,16-17H2,1-2H3,(H,34,35). The number of nitrogens with one attached hydrogen (secondary N) is 1. The van der Waals surface area contributed by atoms with E-state index in [1.807, 2.05) is 6.07 Å². The maximum absolute atomic E-state index is 13.5. The molecule has 0 unspecified atom stereocenters. The van der Waals surface area contributed by atoms with Gasteiger partial charge in [0, 0.05) is 35.6 Å². The first kappa shape index (κ1) is 25.7. The van der Waals surface area contributed by atoms with E-state index in [0.29, 0.717) is 22.3 Å². The van der Waals surface area contributed by atoms with E-state index in [2.05, 4.69) is 10.3 Å². The number of rotatable bonds is 9. The largest absolute Gasteiger partial charge is 0.481 e. The number of hydrogen-bond acceptors (Lipinski definition) is 6. The summed E-state index contributed by atoms with van der Waals surface area (Å²) < 4.78 is 8.04. The maximum atomic E-state index is 13.5. The van der Waals surface area contributed by atoms with Gasteiger partial charge in [0.2, 0.25) is 5.88 Å². The molecule has 0 aliphatic rings. The molecule has 0 fully saturated rings. The van der Waals surface area contributed by atoms with E-state index in [1.165, 1.54) is 24.5 Å². The number of carbonyl (C=O) groups is 1. The second kappa shape index (κ2) is 10.7. The zero-order valence-electron chi connectivity index (χ0n) is 20.2. The lowest BCUT2D eigenvalue weighted by Gasteiger charge is -2.22. The second-order valence-corrected chi connectivity index (χ2v) is 9.49. The lowest BCUT2D eigenvalue weighted by atomic mass is 9.94. The van der Waals surface area contributed by atoms with Crippen molar-refractivity contribution in [2.45, 2.75) is 26.9 Å². The van der Waals surface area contributed by atoms with Crippen molar-refractivity contribution < 1.29 is 14.6 Å². The Morgan fingerprint density at radius 1 is 1.03 bits per heavy atom. The van der Waals surface area contributed by atoms with Crippen LogP contribution < -0.4 is 21.3 Å². The normalized spacial score (nSPS) is 11.2. The van der Waals surface area contributed by atoms with Gasteiger partial charge >= 0.3 is 11.7 Å². The van der Waals surface area contributed by atoms with Gasteiger partial charge in [-0.25, -0.2) is 9.78 Å². The number of carboxylic acids is 1. The van der Waals surface area contributed by atoms with E-state index in [0.717, 1.165) is 10.1 Å². The highest BCUT2D eigenvalue weighted by molar-refractivity contribution is 6.30. The minimum atomic E-state index is -1.32. The SMILES string of the molecule is CC(C)(Cn1c(=O)cc(Nc2ccc(Oc3ccccn3)cc2)n(Cc2ccc(Cl)cc2)c1=O)C(=O)O. The Kier molecular flexibility index (Phi) is 7.45. The molecule has 0 saturated carbocycles. The summed E-state index contributed by atoms with van der Waals surface area (Å²) in [7, 11) is 0. The topological polar surface area (TPSA) is 115 Å². The van der Waals surface area contributed by atoms with Crippen LogP contribution in [0.5, 0.6) is 11.6 Å². The molecule has 0 amide bonds. The predicted octanol–water partition coefficient (Wildman–Crippen LogP) is 4.75. The van der Waals surface area contributed by atoms with Crippen LogP contribution in [0, 0.1) is 5.41 Å². The van der Waals surface area contributed by atoms with Gasteiger partial charge in [-0.1, -0.05) is 29.8 Å². The summed E-state index contributed by atoms with van der Waals surface area (Å²) in [6.45, 7) is 2.78. The molecule has 0 atom stereocenters. The molecule has 0 saturated heterocycles. The number of nitrogens with zero attached hydrogens (tertiary/aromatic N) is 3. The predicted molar refractivity (Wildman–Crippen MR) is 141 cm³/mol. The fourth-order valence-electron chi connectivity index (χ4n) is 3.54. The first-order chi connectivity index (χ1) is 17.6. The third-order valence-electron chi connectivity index (χ3n) is 5.65. The molecule has 4 aromatic rings. The van der Waals surface area contributed by atoms with E-state index >= 15 is 0 Å².